The van der Waals surface area contributed by atoms with Crippen molar-refractivity contribution < 1.29 is 5.11 Å². The van der Waals surface area contributed by atoms with E-state index < -0.39 is 0 Å². The van der Waals surface area contributed by atoms with Crippen LogP contribution in [0.5, 0.6) is 0 Å². The number of hydrogen-bond donors (Lipinski definition) is 2. The molecule has 106 valence electrons. The number of aliphatic hydroxyl groups is 1. The maximum Gasteiger partial charge on any atom is 0.142 e. The highest BCUT2D eigenvalue weighted by atomic mass is 32.1. The largest absolute Gasteiger partial charge is 0.393 e. The summed E-state index contributed by atoms with van der Waals surface area (Å²) in [5, 5.41) is 16.1. The van der Waals surface area contributed by atoms with Gasteiger partial charge in [-0.3, -0.25) is 4.98 Å². The highest BCUT2D eigenvalue weighted by molar-refractivity contribution is 7.13. The van der Waals surface area contributed by atoms with Gasteiger partial charge in [0, 0.05) is 24.2 Å². The summed E-state index contributed by atoms with van der Waals surface area (Å²) < 4.78 is 0. The molecule has 0 atom stereocenters. The molecule has 0 aliphatic heterocycles. The monoisotopic (exact) mass is 289 g/mol. The lowest BCUT2D eigenvalue weighted by atomic mass is 9.93. The number of aliphatic hydroxyl groups excluding tert-OH is 1. The lowest BCUT2D eigenvalue weighted by Crippen LogP contribution is -2.34. The summed E-state index contributed by atoms with van der Waals surface area (Å²) in [5.41, 5.74) is 2.01. The summed E-state index contributed by atoms with van der Waals surface area (Å²) in [7, 11) is 0. The van der Waals surface area contributed by atoms with Crippen LogP contribution in [-0.2, 0) is 6.54 Å². The Balaban J connectivity index is 1.55. The molecule has 0 aromatic carbocycles. The summed E-state index contributed by atoms with van der Waals surface area (Å²) in [6.07, 6.45) is 5.63. The predicted octanol–water partition coefficient (Wildman–Crippen LogP) is 2.60. The van der Waals surface area contributed by atoms with Gasteiger partial charge in [0.15, 0.2) is 0 Å². The summed E-state index contributed by atoms with van der Waals surface area (Å²) in [6.45, 7) is 0.796. The maximum atomic E-state index is 9.50. The summed E-state index contributed by atoms with van der Waals surface area (Å²) >= 11 is 1.64. The van der Waals surface area contributed by atoms with Crippen LogP contribution < -0.4 is 5.32 Å². The second-order valence-corrected chi connectivity index (χ2v) is 6.10. The molecule has 0 unspecified atom stereocenters. The van der Waals surface area contributed by atoms with Crippen LogP contribution >= 0.6 is 11.3 Å². The van der Waals surface area contributed by atoms with E-state index >= 15 is 0 Å². The second kappa shape index (κ2) is 6.43. The molecule has 5 heteroatoms. The molecule has 2 aromatic rings. The minimum atomic E-state index is -0.0944. The molecule has 0 saturated heterocycles. The molecule has 1 saturated carbocycles. The van der Waals surface area contributed by atoms with E-state index in [2.05, 4.69) is 20.7 Å². The highest BCUT2D eigenvalue weighted by Gasteiger charge is 2.18. The van der Waals surface area contributed by atoms with Gasteiger partial charge in [-0.2, -0.15) is 0 Å². The number of hydrogen-bond acceptors (Lipinski definition) is 5. The molecule has 2 aromatic heterocycles. The third-order valence-electron chi connectivity index (χ3n) is 3.70. The number of nitrogens with one attached hydrogen (secondary N) is 1. The van der Waals surface area contributed by atoms with Gasteiger partial charge in [0.1, 0.15) is 5.01 Å². The zero-order chi connectivity index (χ0) is 13.8. The summed E-state index contributed by atoms with van der Waals surface area (Å²) in [6, 6.07) is 6.39. The Morgan fingerprint density at radius 2 is 2.10 bits per heavy atom. The van der Waals surface area contributed by atoms with E-state index in [1.807, 2.05) is 18.2 Å². The normalized spacial score (nSPS) is 22.9. The molecule has 1 aliphatic rings. The van der Waals surface area contributed by atoms with Crippen molar-refractivity contribution in [3.05, 3.63) is 35.5 Å². The maximum absolute atomic E-state index is 9.50. The van der Waals surface area contributed by atoms with Gasteiger partial charge < -0.3 is 10.4 Å². The number of thiazole rings is 1. The molecule has 4 nitrogen and oxygen atoms in total. The minimum Gasteiger partial charge on any atom is -0.393 e. The van der Waals surface area contributed by atoms with Gasteiger partial charge >= 0.3 is 0 Å². The molecule has 3 rings (SSSR count). The number of aromatic nitrogens is 2. The Labute approximate surface area is 122 Å². The molecule has 0 bridgehead atoms. The Morgan fingerprint density at radius 3 is 2.85 bits per heavy atom. The zero-order valence-corrected chi connectivity index (χ0v) is 12.1. The molecule has 1 aliphatic carbocycles. The van der Waals surface area contributed by atoms with Gasteiger partial charge in [0.2, 0.25) is 0 Å². The Morgan fingerprint density at radius 1 is 1.25 bits per heavy atom. The van der Waals surface area contributed by atoms with E-state index in [0.717, 1.165) is 48.6 Å². The van der Waals surface area contributed by atoms with Crippen LogP contribution in [0.4, 0.5) is 0 Å². The average Bonchev–Trinajstić information content (AvgIpc) is 2.97. The summed E-state index contributed by atoms with van der Waals surface area (Å²) in [5.74, 6) is 0. The SMILES string of the molecule is OC1CCC(NCc2csc(-c3ccccn3)n2)CC1. The quantitative estimate of drug-likeness (QED) is 0.908. The van der Waals surface area contributed by atoms with Crippen LogP contribution in [0.25, 0.3) is 10.7 Å². The van der Waals surface area contributed by atoms with E-state index in [1.165, 1.54) is 0 Å². The first-order valence-corrected chi connectivity index (χ1v) is 7.96. The van der Waals surface area contributed by atoms with Gasteiger partial charge in [0.25, 0.3) is 0 Å². The molecular weight excluding hydrogens is 270 g/mol. The van der Waals surface area contributed by atoms with E-state index in [0.29, 0.717) is 6.04 Å². The van der Waals surface area contributed by atoms with Crippen LogP contribution in [0.1, 0.15) is 31.4 Å². The average molecular weight is 289 g/mol. The molecule has 1 fully saturated rings. The van der Waals surface area contributed by atoms with Gasteiger partial charge in [-0.1, -0.05) is 6.07 Å². The van der Waals surface area contributed by atoms with Crippen molar-refractivity contribution in [1.29, 1.82) is 0 Å². The molecule has 0 spiro atoms. The Kier molecular flexibility index (Phi) is 4.40. The van der Waals surface area contributed by atoms with E-state index in [9.17, 15) is 5.11 Å². The summed E-state index contributed by atoms with van der Waals surface area (Å²) in [4.78, 5) is 8.94. The van der Waals surface area contributed by atoms with Gasteiger partial charge in [-0.25, -0.2) is 4.98 Å². The zero-order valence-electron chi connectivity index (χ0n) is 11.3. The highest BCUT2D eigenvalue weighted by Crippen LogP contribution is 2.22. The lowest BCUT2D eigenvalue weighted by Gasteiger charge is -2.25. The minimum absolute atomic E-state index is 0.0944. The van der Waals surface area contributed by atoms with Crippen molar-refractivity contribution in [2.45, 2.75) is 44.4 Å². The lowest BCUT2D eigenvalue weighted by molar-refractivity contribution is 0.116. The van der Waals surface area contributed by atoms with Crippen molar-refractivity contribution >= 4 is 11.3 Å². The van der Waals surface area contributed by atoms with Crippen molar-refractivity contribution in [2.24, 2.45) is 0 Å². The van der Waals surface area contributed by atoms with Crippen LogP contribution in [0.3, 0.4) is 0 Å². The topological polar surface area (TPSA) is 58.0 Å². The molecular formula is C15H19N3OS. The molecule has 0 amide bonds. The predicted molar refractivity (Wildman–Crippen MR) is 80.4 cm³/mol. The fourth-order valence-electron chi connectivity index (χ4n) is 2.52. The molecule has 2 heterocycles. The van der Waals surface area contributed by atoms with Crippen LogP contribution in [-0.4, -0.2) is 27.2 Å². The van der Waals surface area contributed by atoms with Crippen molar-refractivity contribution in [3.63, 3.8) is 0 Å². The molecule has 20 heavy (non-hydrogen) atoms. The molecule has 0 radical (unpaired) electrons. The smallest absolute Gasteiger partial charge is 0.142 e. The fraction of sp³-hybridized carbons (Fsp3) is 0.467. The third kappa shape index (κ3) is 3.42. The first-order valence-electron chi connectivity index (χ1n) is 7.08. The fourth-order valence-corrected chi connectivity index (χ4v) is 3.32. The number of pyridine rings is 1. The van der Waals surface area contributed by atoms with Crippen molar-refractivity contribution in [2.75, 3.05) is 0 Å². The van der Waals surface area contributed by atoms with E-state index in [4.69, 9.17) is 0 Å². The second-order valence-electron chi connectivity index (χ2n) is 5.25. The van der Waals surface area contributed by atoms with Gasteiger partial charge in [0.05, 0.1) is 17.5 Å². The van der Waals surface area contributed by atoms with Crippen LogP contribution in [0, 0.1) is 0 Å². The Hall–Kier alpha value is -1.30. The third-order valence-corrected chi connectivity index (χ3v) is 4.62. The van der Waals surface area contributed by atoms with Gasteiger partial charge in [-0.05, 0) is 37.8 Å². The number of rotatable bonds is 4. The van der Waals surface area contributed by atoms with Crippen LogP contribution in [0.2, 0.25) is 0 Å². The first kappa shape index (κ1) is 13.7. The van der Waals surface area contributed by atoms with Crippen molar-refractivity contribution in [3.8, 4) is 10.7 Å². The number of nitrogens with zero attached hydrogens (tertiary/aromatic N) is 2. The molecule has 2 N–H and O–H groups in total. The van der Waals surface area contributed by atoms with Gasteiger partial charge in [-0.15, -0.1) is 11.3 Å². The first-order chi connectivity index (χ1) is 9.81. The van der Waals surface area contributed by atoms with E-state index in [-0.39, 0.29) is 6.10 Å². The standard InChI is InChI=1S/C15H19N3OS/c19-13-6-4-11(5-7-13)17-9-12-10-20-15(18-12)14-3-1-2-8-16-14/h1-3,8,10-11,13,17,19H,4-7,9H2. The van der Waals surface area contributed by atoms with Crippen molar-refractivity contribution in [1.82, 2.24) is 15.3 Å². The Bertz CT molecular complexity index is 535. The van der Waals surface area contributed by atoms with Crippen LogP contribution in [0.15, 0.2) is 29.8 Å². The van der Waals surface area contributed by atoms with E-state index in [1.54, 1.807) is 17.5 Å².